The van der Waals surface area contributed by atoms with Crippen LogP contribution < -0.4 is 5.56 Å². The monoisotopic (exact) mass is 324 g/mol. The predicted molar refractivity (Wildman–Crippen MR) is 65.8 cm³/mol. The number of rotatable bonds is 3. The maximum Gasteiger partial charge on any atom is 0.267 e. The summed E-state index contributed by atoms with van der Waals surface area (Å²) in [7, 11) is 0. The molecule has 0 atom stereocenters. The summed E-state index contributed by atoms with van der Waals surface area (Å²) < 4.78 is 2.16. The zero-order chi connectivity index (χ0) is 10.7. The Balaban J connectivity index is 3.06. The van der Waals surface area contributed by atoms with E-state index in [1.807, 2.05) is 29.5 Å². The van der Waals surface area contributed by atoms with E-state index in [-0.39, 0.29) is 5.56 Å². The second-order valence-corrected chi connectivity index (χ2v) is 4.31. The molecule has 1 aromatic heterocycles. The molecule has 1 heterocycles. The van der Waals surface area contributed by atoms with Gasteiger partial charge in [0, 0.05) is 12.4 Å². The van der Waals surface area contributed by atoms with Gasteiger partial charge in [-0.1, -0.05) is 6.58 Å². The summed E-state index contributed by atoms with van der Waals surface area (Å²) in [5.74, 6) is 0.358. The average Bonchev–Trinajstić information content (AvgIpc) is 2.19. The van der Waals surface area contributed by atoms with Crippen molar-refractivity contribution in [3.63, 3.8) is 0 Å². The molecular formula is C9H10ClIN2O. The fraction of sp³-hybridized carbons (Fsp3) is 0.333. The van der Waals surface area contributed by atoms with Gasteiger partial charge in [-0.3, -0.25) is 9.36 Å². The predicted octanol–water partition coefficient (Wildman–Crippen LogP) is 1.95. The topological polar surface area (TPSA) is 34.9 Å². The molecule has 5 heteroatoms. The van der Waals surface area contributed by atoms with Crippen molar-refractivity contribution in [1.82, 2.24) is 9.55 Å². The Morgan fingerprint density at radius 3 is 3.00 bits per heavy atom. The van der Waals surface area contributed by atoms with Gasteiger partial charge in [0.2, 0.25) is 0 Å². The van der Waals surface area contributed by atoms with E-state index in [1.165, 1.54) is 10.9 Å². The summed E-state index contributed by atoms with van der Waals surface area (Å²) in [5.41, 5.74) is 1.52. The summed E-state index contributed by atoms with van der Waals surface area (Å²) in [6, 6.07) is 0. The molecule has 0 saturated carbocycles. The minimum absolute atomic E-state index is 0.0376. The van der Waals surface area contributed by atoms with E-state index >= 15 is 0 Å². The summed E-state index contributed by atoms with van der Waals surface area (Å²) >= 11 is 7.58. The van der Waals surface area contributed by atoms with Gasteiger partial charge < -0.3 is 0 Å². The van der Waals surface area contributed by atoms with Crippen molar-refractivity contribution in [3.8, 4) is 0 Å². The molecule has 1 aromatic rings. The van der Waals surface area contributed by atoms with E-state index in [2.05, 4.69) is 11.6 Å². The lowest BCUT2D eigenvalue weighted by Crippen LogP contribution is -2.24. The summed E-state index contributed by atoms with van der Waals surface area (Å²) in [6.07, 6.45) is 1.53. The highest BCUT2D eigenvalue weighted by Crippen LogP contribution is 2.03. The van der Waals surface area contributed by atoms with Gasteiger partial charge in [0.05, 0.1) is 15.6 Å². The molecule has 0 bridgehead atoms. The molecule has 0 amide bonds. The standard InChI is InChI=1S/C9H10ClIN2O/c1-6(3-10)4-13-5-12-7(2)8(11)9(13)14/h5H,1,3-4H2,2H3. The Hall–Kier alpha value is -0.360. The number of aryl methyl sites for hydroxylation is 1. The largest absolute Gasteiger partial charge is 0.294 e. The Labute approximate surface area is 101 Å². The Kier molecular flexibility index (Phi) is 4.12. The molecular weight excluding hydrogens is 314 g/mol. The van der Waals surface area contributed by atoms with E-state index in [4.69, 9.17) is 11.6 Å². The third-order valence-electron chi connectivity index (χ3n) is 1.74. The first-order valence-electron chi connectivity index (χ1n) is 4.00. The van der Waals surface area contributed by atoms with Gasteiger partial charge in [0.25, 0.3) is 5.56 Å². The van der Waals surface area contributed by atoms with Crippen LogP contribution in [0.25, 0.3) is 0 Å². The van der Waals surface area contributed by atoms with Crippen LogP contribution in [0.4, 0.5) is 0 Å². The van der Waals surface area contributed by atoms with Gasteiger partial charge in [0.1, 0.15) is 0 Å². The lowest BCUT2D eigenvalue weighted by molar-refractivity contribution is 0.716. The van der Waals surface area contributed by atoms with Crippen LogP contribution in [0.2, 0.25) is 0 Å². The number of allylic oxidation sites excluding steroid dienone is 1. The SMILES string of the molecule is C=C(CCl)Cn1cnc(C)c(I)c1=O. The van der Waals surface area contributed by atoms with E-state index in [1.54, 1.807) is 0 Å². The zero-order valence-corrected chi connectivity index (χ0v) is 10.7. The molecule has 0 radical (unpaired) electrons. The molecule has 0 aliphatic heterocycles. The average molecular weight is 325 g/mol. The maximum absolute atomic E-state index is 11.7. The fourth-order valence-electron chi connectivity index (χ4n) is 0.942. The normalized spacial score (nSPS) is 10.2. The highest BCUT2D eigenvalue weighted by molar-refractivity contribution is 14.1. The van der Waals surface area contributed by atoms with E-state index < -0.39 is 0 Å². The highest BCUT2D eigenvalue weighted by Gasteiger charge is 2.05. The minimum Gasteiger partial charge on any atom is -0.294 e. The first kappa shape index (κ1) is 11.7. The lowest BCUT2D eigenvalue weighted by atomic mass is 10.3. The number of aromatic nitrogens is 2. The number of alkyl halides is 1. The third-order valence-corrected chi connectivity index (χ3v) is 3.36. The summed E-state index contributed by atoms with van der Waals surface area (Å²) in [4.78, 5) is 15.8. The molecule has 0 aliphatic carbocycles. The molecule has 0 aromatic carbocycles. The fourth-order valence-corrected chi connectivity index (χ4v) is 1.48. The van der Waals surface area contributed by atoms with Crippen LogP contribution in [0.3, 0.4) is 0 Å². The first-order chi connectivity index (χ1) is 6.56. The number of nitrogens with zero attached hydrogens (tertiary/aromatic N) is 2. The molecule has 76 valence electrons. The Bertz CT molecular complexity index is 414. The number of halogens is 2. The highest BCUT2D eigenvalue weighted by atomic mass is 127. The maximum atomic E-state index is 11.7. The van der Waals surface area contributed by atoms with Gasteiger partial charge in [-0.2, -0.15) is 0 Å². The van der Waals surface area contributed by atoms with Crippen molar-refractivity contribution in [2.24, 2.45) is 0 Å². The molecule has 0 aliphatic rings. The zero-order valence-electron chi connectivity index (χ0n) is 7.76. The van der Waals surface area contributed by atoms with E-state index in [0.29, 0.717) is 16.0 Å². The van der Waals surface area contributed by atoms with E-state index in [0.717, 1.165) is 11.3 Å². The van der Waals surface area contributed by atoms with Gasteiger partial charge in [0.15, 0.2) is 0 Å². The molecule has 1 rings (SSSR count). The first-order valence-corrected chi connectivity index (χ1v) is 5.61. The molecule has 0 fully saturated rings. The Morgan fingerprint density at radius 1 is 1.79 bits per heavy atom. The van der Waals surface area contributed by atoms with Gasteiger partial charge in [-0.25, -0.2) is 4.98 Å². The van der Waals surface area contributed by atoms with Crippen LogP contribution in [0.5, 0.6) is 0 Å². The van der Waals surface area contributed by atoms with Gasteiger partial charge >= 0.3 is 0 Å². The van der Waals surface area contributed by atoms with Crippen LogP contribution in [0.1, 0.15) is 5.69 Å². The summed E-state index contributed by atoms with van der Waals surface area (Å²) in [6.45, 7) is 5.99. The minimum atomic E-state index is -0.0376. The summed E-state index contributed by atoms with van der Waals surface area (Å²) in [5, 5.41) is 0. The molecule has 0 spiro atoms. The molecule has 0 N–H and O–H groups in total. The number of hydrogen-bond donors (Lipinski definition) is 0. The van der Waals surface area contributed by atoms with Gasteiger partial charge in [-0.05, 0) is 35.1 Å². The van der Waals surface area contributed by atoms with Gasteiger partial charge in [-0.15, -0.1) is 11.6 Å². The number of hydrogen-bond acceptors (Lipinski definition) is 2. The second kappa shape index (κ2) is 4.93. The molecule has 0 saturated heterocycles. The van der Waals surface area contributed by atoms with Crippen molar-refractivity contribution in [2.45, 2.75) is 13.5 Å². The van der Waals surface area contributed by atoms with Crippen LogP contribution in [0.15, 0.2) is 23.3 Å². The van der Waals surface area contributed by atoms with Crippen LogP contribution >= 0.6 is 34.2 Å². The smallest absolute Gasteiger partial charge is 0.267 e. The van der Waals surface area contributed by atoms with Crippen LogP contribution in [0, 0.1) is 10.5 Å². The van der Waals surface area contributed by atoms with Crippen LogP contribution in [-0.2, 0) is 6.54 Å². The van der Waals surface area contributed by atoms with Crippen molar-refractivity contribution >= 4 is 34.2 Å². The molecule has 3 nitrogen and oxygen atoms in total. The second-order valence-electron chi connectivity index (χ2n) is 2.96. The van der Waals surface area contributed by atoms with Crippen molar-refractivity contribution in [2.75, 3.05) is 5.88 Å². The lowest BCUT2D eigenvalue weighted by Gasteiger charge is -2.06. The quantitative estimate of drug-likeness (QED) is 0.484. The van der Waals surface area contributed by atoms with E-state index in [9.17, 15) is 4.79 Å². The van der Waals surface area contributed by atoms with Crippen molar-refractivity contribution < 1.29 is 0 Å². The van der Waals surface area contributed by atoms with Crippen molar-refractivity contribution in [3.05, 3.63) is 38.1 Å². The molecule has 14 heavy (non-hydrogen) atoms. The van der Waals surface area contributed by atoms with Crippen LogP contribution in [-0.4, -0.2) is 15.4 Å². The Morgan fingerprint density at radius 2 is 2.43 bits per heavy atom. The third kappa shape index (κ3) is 2.57. The van der Waals surface area contributed by atoms with Crippen molar-refractivity contribution in [1.29, 1.82) is 0 Å². The molecule has 0 unspecified atom stereocenters.